The summed E-state index contributed by atoms with van der Waals surface area (Å²) in [6, 6.07) is 7.60. The van der Waals surface area contributed by atoms with E-state index in [2.05, 4.69) is 25.4 Å². The first kappa shape index (κ1) is 18.9. The van der Waals surface area contributed by atoms with Crippen molar-refractivity contribution in [2.24, 2.45) is 0 Å². The number of hydrogen-bond acceptors (Lipinski definition) is 3. The van der Waals surface area contributed by atoms with Gasteiger partial charge < -0.3 is 4.74 Å². The van der Waals surface area contributed by atoms with E-state index in [-0.39, 0.29) is 10.2 Å². The SMILES string of the molecule is Cc1ccc(NS(=O)(=O)c2ccc(Br)cc2OC(F)(F)F)cc1Cl. The molecule has 10 heteroatoms. The lowest BCUT2D eigenvalue weighted by Gasteiger charge is -2.15. The number of rotatable bonds is 4. The molecule has 0 saturated heterocycles. The van der Waals surface area contributed by atoms with E-state index in [1.807, 2.05) is 0 Å². The van der Waals surface area contributed by atoms with Crippen molar-refractivity contribution in [3.8, 4) is 5.75 Å². The molecular formula is C14H10BrClF3NO3S. The van der Waals surface area contributed by atoms with Crippen molar-refractivity contribution in [2.45, 2.75) is 18.2 Å². The summed E-state index contributed by atoms with van der Waals surface area (Å²) in [5.74, 6) is -0.845. The highest BCUT2D eigenvalue weighted by Gasteiger charge is 2.34. The fraction of sp³-hybridized carbons (Fsp3) is 0.143. The molecular weight excluding hydrogens is 435 g/mol. The lowest BCUT2D eigenvalue weighted by atomic mass is 10.2. The molecule has 0 amide bonds. The molecule has 2 aromatic rings. The van der Waals surface area contributed by atoms with E-state index in [0.29, 0.717) is 5.02 Å². The molecule has 0 spiro atoms. The van der Waals surface area contributed by atoms with E-state index in [4.69, 9.17) is 11.6 Å². The molecule has 0 aliphatic rings. The van der Waals surface area contributed by atoms with Gasteiger partial charge >= 0.3 is 6.36 Å². The quantitative estimate of drug-likeness (QED) is 0.713. The molecule has 0 aliphatic heterocycles. The average molecular weight is 445 g/mol. The third-order valence-electron chi connectivity index (χ3n) is 2.85. The number of alkyl halides is 3. The summed E-state index contributed by atoms with van der Waals surface area (Å²) < 4.78 is 68.5. The van der Waals surface area contributed by atoms with Gasteiger partial charge in [0.05, 0.1) is 5.69 Å². The van der Waals surface area contributed by atoms with Gasteiger partial charge in [-0.1, -0.05) is 33.6 Å². The van der Waals surface area contributed by atoms with Crippen LogP contribution in [-0.4, -0.2) is 14.8 Å². The molecule has 0 aromatic heterocycles. The van der Waals surface area contributed by atoms with E-state index in [1.165, 1.54) is 18.2 Å². The van der Waals surface area contributed by atoms with Gasteiger partial charge in [-0.05, 0) is 42.8 Å². The van der Waals surface area contributed by atoms with Crippen LogP contribution in [0.25, 0.3) is 0 Å². The van der Waals surface area contributed by atoms with Crippen LogP contribution in [-0.2, 0) is 10.0 Å². The van der Waals surface area contributed by atoms with Gasteiger partial charge in [0.15, 0.2) is 5.75 Å². The predicted octanol–water partition coefficient (Wildman–Crippen LogP) is 5.11. The summed E-state index contributed by atoms with van der Waals surface area (Å²) in [6.07, 6.45) is -5.03. The monoisotopic (exact) mass is 443 g/mol. The van der Waals surface area contributed by atoms with Crippen LogP contribution < -0.4 is 9.46 Å². The zero-order valence-corrected chi connectivity index (χ0v) is 15.1. The zero-order valence-electron chi connectivity index (χ0n) is 12.0. The maximum atomic E-state index is 12.5. The number of ether oxygens (including phenoxy) is 1. The smallest absolute Gasteiger partial charge is 0.404 e. The molecule has 2 aromatic carbocycles. The first-order valence-corrected chi connectivity index (χ1v) is 8.97. The van der Waals surface area contributed by atoms with Gasteiger partial charge in [-0.3, -0.25) is 4.72 Å². The Kier molecular flexibility index (Phi) is 5.36. The Morgan fingerprint density at radius 1 is 1.17 bits per heavy atom. The second-order valence-electron chi connectivity index (χ2n) is 4.71. The molecule has 4 nitrogen and oxygen atoms in total. The minimum Gasteiger partial charge on any atom is -0.404 e. The van der Waals surface area contributed by atoms with Crippen molar-refractivity contribution >= 4 is 43.2 Å². The minimum absolute atomic E-state index is 0.117. The Bertz CT molecular complexity index is 872. The Morgan fingerprint density at radius 2 is 1.83 bits per heavy atom. The summed E-state index contributed by atoms with van der Waals surface area (Å²) >= 11 is 8.89. The van der Waals surface area contributed by atoms with Gasteiger partial charge in [-0.25, -0.2) is 8.42 Å². The third kappa shape index (κ3) is 4.78. The number of hydrogen-bond donors (Lipinski definition) is 1. The van der Waals surface area contributed by atoms with Gasteiger partial charge in [0, 0.05) is 9.50 Å². The van der Waals surface area contributed by atoms with Crippen molar-refractivity contribution in [3.05, 3.63) is 51.5 Å². The number of aryl methyl sites for hydroxylation is 1. The number of sulfonamides is 1. The molecule has 0 saturated carbocycles. The molecule has 24 heavy (non-hydrogen) atoms. The average Bonchev–Trinajstić information content (AvgIpc) is 2.40. The molecule has 130 valence electrons. The van der Waals surface area contributed by atoms with Crippen LogP contribution >= 0.6 is 27.5 Å². The molecule has 0 unspecified atom stereocenters. The molecule has 0 atom stereocenters. The number of benzene rings is 2. The van der Waals surface area contributed by atoms with Crippen LogP contribution in [0.5, 0.6) is 5.75 Å². The summed E-state index contributed by atoms with van der Waals surface area (Å²) in [7, 11) is -4.32. The number of anilines is 1. The molecule has 0 bridgehead atoms. The molecule has 0 aliphatic carbocycles. The van der Waals surface area contributed by atoms with E-state index < -0.39 is 27.0 Å². The fourth-order valence-electron chi connectivity index (χ4n) is 1.77. The molecule has 0 radical (unpaired) electrons. The van der Waals surface area contributed by atoms with E-state index >= 15 is 0 Å². The highest BCUT2D eigenvalue weighted by atomic mass is 79.9. The van der Waals surface area contributed by atoms with Crippen molar-refractivity contribution in [1.29, 1.82) is 0 Å². The van der Waals surface area contributed by atoms with Crippen molar-refractivity contribution < 1.29 is 26.3 Å². The van der Waals surface area contributed by atoms with Gasteiger partial charge in [0.25, 0.3) is 10.0 Å². The van der Waals surface area contributed by atoms with Gasteiger partial charge in [-0.15, -0.1) is 13.2 Å². The second-order valence-corrected chi connectivity index (χ2v) is 7.68. The number of nitrogens with one attached hydrogen (secondary N) is 1. The van der Waals surface area contributed by atoms with Gasteiger partial charge in [0.2, 0.25) is 0 Å². The van der Waals surface area contributed by atoms with Gasteiger partial charge in [-0.2, -0.15) is 0 Å². The summed E-state index contributed by atoms with van der Waals surface area (Å²) in [5.41, 5.74) is 0.843. The van der Waals surface area contributed by atoms with Crippen molar-refractivity contribution in [2.75, 3.05) is 4.72 Å². The Balaban J connectivity index is 2.43. The summed E-state index contributed by atoms with van der Waals surface area (Å²) in [4.78, 5) is -0.653. The second kappa shape index (κ2) is 6.81. The summed E-state index contributed by atoms with van der Waals surface area (Å²) in [6.45, 7) is 1.73. The Labute approximate surface area is 149 Å². The van der Waals surface area contributed by atoms with E-state index in [9.17, 15) is 21.6 Å². The third-order valence-corrected chi connectivity index (χ3v) is 5.17. The molecule has 0 fully saturated rings. The highest BCUT2D eigenvalue weighted by molar-refractivity contribution is 9.10. The first-order chi connectivity index (χ1) is 11.0. The zero-order chi connectivity index (χ0) is 18.1. The molecule has 0 heterocycles. The van der Waals surface area contributed by atoms with Crippen molar-refractivity contribution in [3.63, 3.8) is 0 Å². The van der Waals surface area contributed by atoms with E-state index in [1.54, 1.807) is 13.0 Å². The van der Waals surface area contributed by atoms with Crippen LogP contribution in [0.15, 0.2) is 45.8 Å². The first-order valence-electron chi connectivity index (χ1n) is 6.32. The van der Waals surface area contributed by atoms with Crippen LogP contribution in [0.3, 0.4) is 0 Å². The maximum Gasteiger partial charge on any atom is 0.573 e. The van der Waals surface area contributed by atoms with Gasteiger partial charge in [0.1, 0.15) is 4.90 Å². The predicted molar refractivity (Wildman–Crippen MR) is 87.8 cm³/mol. The minimum atomic E-state index is -5.03. The lowest BCUT2D eigenvalue weighted by molar-refractivity contribution is -0.275. The normalized spacial score (nSPS) is 12.1. The Hall–Kier alpha value is -1.45. The summed E-state index contributed by atoms with van der Waals surface area (Å²) in [5, 5.41) is 0.317. The standard InChI is InChI=1S/C14H10BrClF3NO3S/c1-8-2-4-10(7-11(8)16)20-24(21,22)13-5-3-9(15)6-12(13)23-14(17,18)19/h2-7,20H,1H3. The van der Waals surface area contributed by atoms with Crippen LogP contribution in [0, 0.1) is 6.92 Å². The van der Waals surface area contributed by atoms with Crippen molar-refractivity contribution in [1.82, 2.24) is 0 Å². The lowest BCUT2D eigenvalue weighted by Crippen LogP contribution is -2.21. The maximum absolute atomic E-state index is 12.5. The molecule has 1 N–H and O–H groups in total. The van der Waals surface area contributed by atoms with E-state index in [0.717, 1.165) is 17.7 Å². The highest BCUT2D eigenvalue weighted by Crippen LogP contribution is 2.33. The topological polar surface area (TPSA) is 55.4 Å². The fourth-order valence-corrected chi connectivity index (χ4v) is 3.46. The number of halogens is 5. The largest absolute Gasteiger partial charge is 0.573 e. The Morgan fingerprint density at radius 3 is 2.42 bits per heavy atom. The molecule has 2 rings (SSSR count). The van der Waals surface area contributed by atoms with Crippen LogP contribution in [0.1, 0.15) is 5.56 Å². The van der Waals surface area contributed by atoms with Crippen LogP contribution in [0.4, 0.5) is 18.9 Å². The van der Waals surface area contributed by atoms with Crippen LogP contribution in [0.2, 0.25) is 5.02 Å².